The molecule has 2 aliphatic rings. The van der Waals surface area contributed by atoms with Crippen LogP contribution in [-0.2, 0) is 24.8 Å². The van der Waals surface area contributed by atoms with Crippen molar-refractivity contribution in [2.75, 3.05) is 48.2 Å². The Hall–Kier alpha value is -2.47. The molecule has 11 heteroatoms. The molecule has 32 heavy (non-hydrogen) atoms. The lowest BCUT2D eigenvalue weighted by atomic mass is 10.1. The van der Waals surface area contributed by atoms with Crippen LogP contribution in [0.15, 0.2) is 47.4 Å². The van der Waals surface area contributed by atoms with Gasteiger partial charge in [0.05, 0.1) is 29.5 Å². The average molecular weight is 480 g/mol. The molecule has 0 spiro atoms. The van der Waals surface area contributed by atoms with Crippen LogP contribution in [0.2, 0.25) is 0 Å². The summed E-state index contributed by atoms with van der Waals surface area (Å²) in [6.45, 7) is 3.41. The number of carbonyl (C=O) groups is 1. The van der Waals surface area contributed by atoms with E-state index in [0.29, 0.717) is 43.1 Å². The first-order valence-corrected chi connectivity index (χ1v) is 13.3. The van der Waals surface area contributed by atoms with Crippen LogP contribution < -0.4 is 9.62 Å². The van der Waals surface area contributed by atoms with E-state index in [1.807, 2.05) is 0 Å². The van der Waals surface area contributed by atoms with E-state index in [0.717, 1.165) is 0 Å². The van der Waals surface area contributed by atoms with Crippen LogP contribution in [0.25, 0.3) is 0 Å². The van der Waals surface area contributed by atoms with Gasteiger partial charge in [-0.05, 0) is 49.2 Å². The van der Waals surface area contributed by atoms with Crippen molar-refractivity contribution in [3.63, 3.8) is 0 Å². The minimum absolute atomic E-state index is 0.0903. The van der Waals surface area contributed by atoms with Gasteiger partial charge in [0.15, 0.2) is 0 Å². The number of ether oxygens (including phenoxy) is 1. The lowest BCUT2D eigenvalue weighted by molar-refractivity contribution is 0.0730. The summed E-state index contributed by atoms with van der Waals surface area (Å²) in [5.74, 6) is -0.361. The molecule has 1 N–H and O–H groups in total. The maximum Gasteiger partial charge on any atom is 0.255 e. The van der Waals surface area contributed by atoms with Gasteiger partial charge in [0.2, 0.25) is 20.0 Å². The molecule has 0 aliphatic carbocycles. The fraction of sp³-hybridized carbons (Fsp3) is 0.381. The Labute approximate surface area is 188 Å². The molecule has 0 atom stereocenters. The number of aryl methyl sites for hydroxylation is 1. The van der Waals surface area contributed by atoms with Crippen molar-refractivity contribution >= 4 is 37.3 Å². The highest BCUT2D eigenvalue weighted by molar-refractivity contribution is 7.93. The van der Waals surface area contributed by atoms with E-state index in [4.69, 9.17) is 4.74 Å². The number of rotatable bonds is 5. The summed E-state index contributed by atoms with van der Waals surface area (Å²) >= 11 is 0. The smallest absolute Gasteiger partial charge is 0.255 e. The van der Waals surface area contributed by atoms with Gasteiger partial charge < -0.3 is 10.1 Å². The molecule has 0 bridgehead atoms. The van der Waals surface area contributed by atoms with Crippen molar-refractivity contribution in [1.82, 2.24) is 4.31 Å². The molecule has 2 aromatic carbocycles. The van der Waals surface area contributed by atoms with E-state index in [2.05, 4.69) is 5.32 Å². The Morgan fingerprint density at radius 2 is 1.81 bits per heavy atom. The third-order valence-corrected chi connectivity index (χ3v) is 9.32. The van der Waals surface area contributed by atoms with Gasteiger partial charge in [-0.3, -0.25) is 9.10 Å². The normalized spacial score (nSPS) is 19.1. The van der Waals surface area contributed by atoms with Gasteiger partial charge in [0.25, 0.3) is 5.91 Å². The molecule has 0 radical (unpaired) electrons. The molecule has 2 heterocycles. The fourth-order valence-corrected chi connectivity index (χ4v) is 6.75. The highest BCUT2D eigenvalue weighted by Crippen LogP contribution is 2.27. The number of hydrogen-bond donors (Lipinski definition) is 1. The molecule has 2 aromatic rings. The Kier molecular flexibility index (Phi) is 6.26. The zero-order valence-electron chi connectivity index (χ0n) is 17.7. The summed E-state index contributed by atoms with van der Waals surface area (Å²) in [4.78, 5) is 13.0. The van der Waals surface area contributed by atoms with Crippen LogP contribution >= 0.6 is 0 Å². The summed E-state index contributed by atoms with van der Waals surface area (Å²) in [6, 6.07) is 11.0. The standard InChI is InChI=1S/C21H25N3O6S2/c1-16-6-7-19(32(28,29)23-9-11-30-12-10-23)15-20(16)22-21(25)17-4-2-5-18(14-17)24-8-3-13-31(24,26)27/h2,4-7,14-15H,3,8-13H2,1H3,(H,22,25). The number of amides is 1. The predicted octanol–water partition coefficient (Wildman–Crippen LogP) is 1.81. The van der Waals surface area contributed by atoms with Crippen LogP contribution in [0.4, 0.5) is 11.4 Å². The van der Waals surface area contributed by atoms with Crippen molar-refractivity contribution < 1.29 is 26.4 Å². The monoisotopic (exact) mass is 479 g/mol. The molecular formula is C21H25N3O6S2. The maximum absolute atomic E-state index is 13.0. The molecular weight excluding hydrogens is 454 g/mol. The minimum atomic E-state index is -3.70. The maximum atomic E-state index is 13.0. The van der Waals surface area contributed by atoms with Crippen molar-refractivity contribution in [1.29, 1.82) is 0 Å². The van der Waals surface area contributed by atoms with Gasteiger partial charge in [0.1, 0.15) is 0 Å². The van der Waals surface area contributed by atoms with E-state index < -0.39 is 26.0 Å². The summed E-state index contributed by atoms with van der Waals surface area (Å²) in [5, 5.41) is 2.77. The minimum Gasteiger partial charge on any atom is -0.379 e. The molecule has 2 aliphatic heterocycles. The van der Waals surface area contributed by atoms with Crippen molar-refractivity contribution in [3.05, 3.63) is 53.6 Å². The molecule has 4 rings (SSSR count). The second-order valence-electron chi connectivity index (χ2n) is 7.74. The van der Waals surface area contributed by atoms with Gasteiger partial charge in [-0.15, -0.1) is 0 Å². The fourth-order valence-electron chi connectivity index (χ4n) is 3.76. The first-order valence-electron chi connectivity index (χ1n) is 10.3. The highest BCUT2D eigenvalue weighted by atomic mass is 32.2. The Morgan fingerprint density at radius 1 is 1.06 bits per heavy atom. The second kappa shape index (κ2) is 8.81. The number of nitrogens with zero attached hydrogens (tertiary/aromatic N) is 2. The first kappa shape index (κ1) is 22.7. The zero-order chi connectivity index (χ0) is 22.9. The molecule has 0 unspecified atom stereocenters. The molecule has 2 fully saturated rings. The topological polar surface area (TPSA) is 113 Å². The number of carbonyl (C=O) groups excluding carboxylic acids is 1. The predicted molar refractivity (Wildman–Crippen MR) is 121 cm³/mol. The second-order valence-corrected chi connectivity index (χ2v) is 11.7. The third-order valence-electron chi connectivity index (χ3n) is 5.56. The van der Waals surface area contributed by atoms with Crippen LogP contribution in [-0.4, -0.2) is 65.6 Å². The number of morpholine rings is 1. The van der Waals surface area contributed by atoms with Crippen molar-refractivity contribution in [2.45, 2.75) is 18.2 Å². The average Bonchev–Trinajstić information content (AvgIpc) is 3.14. The number of hydrogen-bond acceptors (Lipinski definition) is 6. The Balaban J connectivity index is 1.58. The first-order chi connectivity index (χ1) is 15.2. The number of benzene rings is 2. The Bertz CT molecular complexity index is 1240. The van der Waals surface area contributed by atoms with Gasteiger partial charge in [-0.25, -0.2) is 16.8 Å². The summed E-state index contributed by atoms with van der Waals surface area (Å²) < 4.78 is 58.2. The van der Waals surface area contributed by atoms with Crippen molar-refractivity contribution in [2.24, 2.45) is 0 Å². The Morgan fingerprint density at radius 3 is 2.50 bits per heavy atom. The van der Waals surface area contributed by atoms with Gasteiger partial charge in [-0.2, -0.15) is 4.31 Å². The van der Waals surface area contributed by atoms with Gasteiger partial charge >= 0.3 is 0 Å². The zero-order valence-corrected chi connectivity index (χ0v) is 19.3. The number of sulfonamides is 2. The van der Waals surface area contributed by atoms with E-state index in [9.17, 15) is 21.6 Å². The van der Waals surface area contributed by atoms with Gasteiger partial charge in [0, 0.05) is 30.9 Å². The molecule has 9 nitrogen and oxygen atoms in total. The molecule has 1 amide bonds. The van der Waals surface area contributed by atoms with Crippen LogP contribution in [0.3, 0.4) is 0 Å². The van der Waals surface area contributed by atoms with E-state index in [-0.39, 0.29) is 29.3 Å². The SMILES string of the molecule is Cc1ccc(S(=O)(=O)N2CCOCC2)cc1NC(=O)c1cccc(N2CCCS2(=O)=O)c1. The van der Waals surface area contributed by atoms with E-state index in [1.54, 1.807) is 31.2 Å². The van der Waals surface area contributed by atoms with Crippen LogP contribution in [0.1, 0.15) is 22.3 Å². The summed E-state index contributed by atoms with van der Waals surface area (Å²) in [6.07, 6.45) is 0.544. The lowest BCUT2D eigenvalue weighted by Crippen LogP contribution is -2.40. The van der Waals surface area contributed by atoms with Crippen LogP contribution in [0.5, 0.6) is 0 Å². The van der Waals surface area contributed by atoms with Gasteiger partial charge in [-0.1, -0.05) is 12.1 Å². The quantitative estimate of drug-likeness (QED) is 0.700. The van der Waals surface area contributed by atoms with E-state index >= 15 is 0 Å². The number of anilines is 2. The van der Waals surface area contributed by atoms with Crippen molar-refractivity contribution in [3.8, 4) is 0 Å². The number of nitrogens with one attached hydrogen (secondary N) is 1. The summed E-state index contributed by atoms with van der Waals surface area (Å²) in [5.41, 5.74) is 1.81. The highest BCUT2D eigenvalue weighted by Gasteiger charge is 2.29. The van der Waals surface area contributed by atoms with Crippen LogP contribution in [0, 0.1) is 6.92 Å². The molecule has 172 valence electrons. The lowest BCUT2D eigenvalue weighted by Gasteiger charge is -2.26. The third kappa shape index (κ3) is 4.51. The largest absolute Gasteiger partial charge is 0.379 e. The molecule has 2 saturated heterocycles. The molecule has 0 aromatic heterocycles. The van der Waals surface area contributed by atoms with E-state index in [1.165, 1.54) is 26.8 Å². The molecule has 0 saturated carbocycles. The summed E-state index contributed by atoms with van der Waals surface area (Å²) in [7, 11) is -7.06.